The number of hydrogen-bond donors (Lipinski definition) is 0. The molecule has 2 heterocycles. The maximum atomic E-state index is 13.6. The van der Waals surface area contributed by atoms with Crippen LogP contribution in [-0.2, 0) is 18.3 Å². The SMILES string of the molecule is Cc1cccc(C(CC(=O)N2CCC(Cc3ccccc3)CC2)c2cn(C)c3ccccc23)c1. The Kier molecular flexibility index (Phi) is 6.53. The minimum atomic E-state index is 0.0561. The van der Waals surface area contributed by atoms with E-state index in [1.807, 2.05) is 0 Å². The van der Waals surface area contributed by atoms with E-state index in [9.17, 15) is 4.79 Å². The van der Waals surface area contributed by atoms with Gasteiger partial charge in [-0.2, -0.15) is 0 Å². The maximum absolute atomic E-state index is 13.6. The molecule has 1 atom stereocenters. The van der Waals surface area contributed by atoms with Gasteiger partial charge in [0, 0.05) is 49.6 Å². The first kappa shape index (κ1) is 22.5. The van der Waals surface area contributed by atoms with Crippen LogP contribution >= 0.6 is 0 Å². The molecule has 1 unspecified atom stereocenters. The number of benzene rings is 3. The Hall–Kier alpha value is -3.33. The average Bonchev–Trinajstić information content (AvgIpc) is 3.20. The van der Waals surface area contributed by atoms with Crippen molar-refractivity contribution < 1.29 is 4.79 Å². The number of likely N-dealkylation sites (tertiary alicyclic amines) is 1. The zero-order valence-corrected chi connectivity index (χ0v) is 20.3. The molecule has 4 aromatic rings. The highest BCUT2D eigenvalue weighted by molar-refractivity contribution is 5.86. The van der Waals surface area contributed by atoms with Crippen molar-refractivity contribution in [3.8, 4) is 0 Å². The van der Waals surface area contributed by atoms with Crippen LogP contribution in [0.5, 0.6) is 0 Å². The molecule has 5 rings (SSSR count). The van der Waals surface area contributed by atoms with E-state index in [0.717, 1.165) is 32.4 Å². The molecule has 3 heteroatoms. The van der Waals surface area contributed by atoms with Crippen molar-refractivity contribution in [3.05, 3.63) is 107 Å². The third kappa shape index (κ3) is 4.79. The van der Waals surface area contributed by atoms with Gasteiger partial charge < -0.3 is 9.47 Å². The summed E-state index contributed by atoms with van der Waals surface area (Å²) in [5.74, 6) is 0.996. The standard InChI is InChI=1S/C31H34N2O/c1-23-9-8-12-26(19-23)28(29-22-32(2)30-14-7-6-13-27(29)30)21-31(34)33-17-15-25(16-18-33)20-24-10-4-3-5-11-24/h3-14,19,22,25,28H,15-18,20-21H2,1-2H3. The normalized spacial score (nSPS) is 15.5. The number of hydrogen-bond acceptors (Lipinski definition) is 1. The summed E-state index contributed by atoms with van der Waals surface area (Å²) in [6.45, 7) is 3.86. The molecular formula is C31H34N2O. The van der Waals surface area contributed by atoms with E-state index >= 15 is 0 Å². The number of fused-ring (bicyclic) bond motifs is 1. The molecule has 1 amide bonds. The Labute approximate surface area is 203 Å². The van der Waals surface area contributed by atoms with Crippen LogP contribution in [0, 0.1) is 12.8 Å². The Balaban J connectivity index is 1.34. The van der Waals surface area contributed by atoms with Gasteiger partial charge in [0.05, 0.1) is 0 Å². The molecule has 3 aromatic carbocycles. The fraction of sp³-hybridized carbons (Fsp3) is 0.323. The first-order valence-corrected chi connectivity index (χ1v) is 12.5. The first-order chi connectivity index (χ1) is 16.6. The van der Waals surface area contributed by atoms with Gasteiger partial charge in [-0.1, -0.05) is 78.4 Å². The van der Waals surface area contributed by atoms with Crippen LogP contribution in [0.15, 0.2) is 85.1 Å². The lowest BCUT2D eigenvalue weighted by Crippen LogP contribution is -2.39. The van der Waals surface area contributed by atoms with Crippen LogP contribution in [0.25, 0.3) is 10.9 Å². The van der Waals surface area contributed by atoms with E-state index in [4.69, 9.17) is 0 Å². The van der Waals surface area contributed by atoms with Crippen molar-refractivity contribution in [2.45, 2.75) is 38.5 Å². The predicted molar refractivity (Wildman–Crippen MR) is 140 cm³/mol. The van der Waals surface area contributed by atoms with Gasteiger partial charge >= 0.3 is 0 Å². The summed E-state index contributed by atoms with van der Waals surface area (Å²) in [6, 6.07) is 27.9. The molecule has 1 aliphatic heterocycles. The number of nitrogens with zero attached hydrogens (tertiary/aromatic N) is 2. The minimum absolute atomic E-state index is 0.0561. The summed E-state index contributed by atoms with van der Waals surface area (Å²) in [5, 5.41) is 1.24. The van der Waals surface area contributed by atoms with Crippen LogP contribution in [0.3, 0.4) is 0 Å². The van der Waals surface area contributed by atoms with Crippen LogP contribution in [-0.4, -0.2) is 28.5 Å². The topological polar surface area (TPSA) is 25.2 Å². The molecule has 0 saturated carbocycles. The van der Waals surface area contributed by atoms with Crippen molar-refractivity contribution in [2.75, 3.05) is 13.1 Å². The van der Waals surface area contributed by atoms with Gasteiger partial charge in [0.2, 0.25) is 5.91 Å². The van der Waals surface area contributed by atoms with Gasteiger partial charge in [-0.25, -0.2) is 0 Å². The molecular weight excluding hydrogens is 416 g/mol. The number of piperidine rings is 1. The smallest absolute Gasteiger partial charge is 0.223 e. The Morgan fingerprint density at radius 3 is 2.44 bits per heavy atom. The number of carbonyl (C=O) groups is 1. The number of aryl methyl sites for hydroxylation is 2. The highest BCUT2D eigenvalue weighted by Crippen LogP contribution is 2.35. The monoisotopic (exact) mass is 450 g/mol. The molecule has 34 heavy (non-hydrogen) atoms. The number of aromatic nitrogens is 1. The summed E-state index contributed by atoms with van der Waals surface area (Å²) < 4.78 is 2.19. The predicted octanol–water partition coefficient (Wildman–Crippen LogP) is 6.49. The number of para-hydroxylation sites is 1. The van der Waals surface area contributed by atoms with E-state index in [1.165, 1.54) is 33.2 Å². The van der Waals surface area contributed by atoms with E-state index in [-0.39, 0.29) is 11.8 Å². The van der Waals surface area contributed by atoms with Crippen LogP contribution in [0.1, 0.15) is 47.4 Å². The fourth-order valence-electron chi connectivity index (χ4n) is 5.58. The highest BCUT2D eigenvalue weighted by atomic mass is 16.2. The quantitative estimate of drug-likeness (QED) is 0.330. The summed E-state index contributed by atoms with van der Waals surface area (Å²) >= 11 is 0. The number of rotatable bonds is 6. The lowest BCUT2D eigenvalue weighted by molar-refractivity contribution is -0.132. The largest absolute Gasteiger partial charge is 0.350 e. The molecule has 0 spiro atoms. The van der Waals surface area contributed by atoms with Crippen molar-refractivity contribution in [2.24, 2.45) is 13.0 Å². The van der Waals surface area contributed by atoms with Gasteiger partial charge in [-0.3, -0.25) is 4.79 Å². The van der Waals surface area contributed by atoms with Crippen molar-refractivity contribution >= 4 is 16.8 Å². The van der Waals surface area contributed by atoms with Crippen molar-refractivity contribution in [1.82, 2.24) is 9.47 Å². The summed E-state index contributed by atoms with van der Waals surface area (Å²) in [4.78, 5) is 15.7. The molecule has 0 N–H and O–H groups in total. The van der Waals surface area contributed by atoms with Crippen LogP contribution < -0.4 is 0 Å². The van der Waals surface area contributed by atoms with Crippen LogP contribution in [0.2, 0.25) is 0 Å². The zero-order valence-electron chi connectivity index (χ0n) is 20.3. The molecule has 174 valence electrons. The third-order valence-electron chi connectivity index (χ3n) is 7.46. The van der Waals surface area contributed by atoms with Gasteiger partial charge in [-0.05, 0) is 54.9 Å². The minimum Gasteiger partial charge on any atom is -0.350 e. The van der Waals surface area contributed by atoms with Crippen LogP contribution in [0.4, 0.5) is 0 Å². The lowest BCUT2D eigenvalue weighted by atomic mass is 9.86. The Morgan fingerprint density at radius 1 is 0.941 bits per heavy atom. The van der Waals surface area contributed by atoms with Crippen molar-refractivity contribution in [3.63, 3.8) is 0 Å². The molecule has 1 saturated heterocycles. The second-order valence-electron chi connectivity index (χ2n) is 9.90. The number of amides is 1. The Morgan fingerprint density at radius 2 is 1.68 bits per heavy atom. The molecule has 0 aliphatic carbocycles. The van der Waals surface area contributed by atoms with E-state index in [2.05, 4.69) is 108 Å². The van der Waals surface area contributed by atoms with E-state index < -0.39 is 0 Å². The summed E-state index contributed by atoms with van der Waals surface area (Å²) in [7, 11) is 2.10. The molecule has 1 aromatic heterocycles. The molecule has 1 fully saturated rings. The summed E-state index contributed by atoms with van der Waals surface area (Å²) in [6.07, 6.45) is 6.02. The first-order valence-electron chi connectivity index (χ1n) is 12.5. The highest BCUT2D eigenvalue weighted by Gasteiger charge is 2.28. The van der Waals surface area contributed by atoms with Crippen molar-refractivity contribution in [1.29, 1.82) is 0 Å². The fourth-order valence-corrected chi connectivity index (χ4v) is 5.58. The Bertz CT molecular complexity index is 1270. The molecule has 0 bridgehead atoms. The lowest BCUT2D eigenvalue weighted by Gasteiger charge is -2.33. The van der Waals surface area contributed by atoms with E-state index in [0.29, 0.717) is 12.3 Å². The molecule has 0 radical (unpaired) electrons. The maximum Gasteiger partial charge on any atom is 0.223 e. The number of carbonyl (C=O) groups excluding carboxylic acids is 1. The van der Waals surface area contributed by atoms with Gasteiger partial charge in [0.1, 0.15) is 0 Å². The molecule has 1 aliphatic rings. The molecule has 3 nitrogen and oxygen atoms in total. The average molecular weight is 451 g/mol. The second-order valence-corrected chi connectivity index (χ2v) is 9.90. The zero-order chi connectivity index (χ0) is 23.5. The second kappa shape index (κ2) is 9.89. The van der Waals surface area contributed by atoms with Gasteiger partial charge in [-0.15, -0.1) is 0 Å². The third-order valence-corrected chi connectivity index (χ3v) is 7.46. The van der Waals surface area contributed by atoms with Gasteiger partial charge in [0.15, 0.2) is 0 Å². The van der Waals surface area contributed by atoms with Gasteiger partial charge in [0.25, 0.3) is 0 Å². The summed E-state index contributed by atoms with van der Waals surface area (Å²) in [5.41, 5.74) is 6.32. The van der Waals surface area contributed by atoms with E-state index in [1.54, 1.807) is 0 Å².